The topological polar surface area (TPSA) is 21.3 Å². The Labute approximate surface area is 116 Å². The maximum atomic E-state index is 6.23. The average Bonchev–Trinajstić information content (AvgIpc) is 2.39. The summed E-state index contributed by atoms with van der Waals surface area (Å²) in [6, 6.07) is 5.86. The van der Waals surface area contributed by atoms with Gasteiger partial charge in [0.25, 0.3) is 0 Å². The second-order valence-corrected chi connectivity index (χ2v) is 4.90. The standard InChI is InChI=1S/C15H24ClNO/c1-4-12(5-2)11-18-15-9-7-8-14(16)13(15)10-17-6-3/h7-9,12,17H,4-6,10-11H2,1-3H3. The fraction of sp³-hybridized carbons (Fsp3) is 0.600. The molecule has 0 unspecified atom stereocenters. The Balaban J connectivity index is 2.71. The van der Waals surface area contributed by atoms with Crippen molar-refractivity contribution in [3.63, 3.8) is 0 Å². The van der Waals surface area contributed by atoms with Crippen LogP contribution >= 0.6 is 11.6 Å². The van der Waals surface area contributed by atoms with E-state index in [0.29, 0.717) is 5.92 Å². The number of nitrogens with one attached hydrogen (secondary N) is 1. The van der Waals surface area contributed by atoms with Crippen molar-refractivity contribution in [3.8, 4) is 5.75 Å². The van der Waals surface area contributed by atoms with Gasteiger partial charge >= 0.3 is 0 Å². The van der Waals surface area contributed by atoms with Crippen LogP contribution in [0.15, 0.2) is 18.2 Å². The normalized spacial score (nSPS) is 10.9. The molecule has 0 saturated carbocycles. The molecular weight excluding hydrogens is 246 g/mol. The van der Waals surface area contributed by atoms with E-state index in [-0.39, 0.29) is 0 Å². The van der Waals surface area contributed by atoms with E-state index in [0.717, 1.165) is 48.9 Å². The van der Waals surface area contributed by atoms with E-state index in [1.54, 1.807) is 0 Å². The third-order valence-corrected chi connectivity index (χ3v) is 3.61. The average molecular weight is 270 g/mol. The second-order valence-electron chi connectivity index (χ2n) is 4.49. The molecule has 0 radical (unpaired) electrons. The molecule has 1 aromatic rings. The van der Waals surface area contributed by atoms with Crippen LogP contribution in [0.3, 0.4) is 0 Å². The molecule has 0 saturated heterocycles. The second kappa shape index (κ2) is 8.39. The molecule has 0 aliphatic rings. The third-order valence-electron chi connectivity index (χ3n) is 3.26. The predicted octanol–water partition coefficient (Wildman–Crippen LogP) is 4.26. The summed E-state index contributed by atoms with van der Waals surface area (Å²) < 4.78 is 5.93. The van der Waals surface area contributed by atoms with Gasteiger partial charge in [-0.1, -0.05) is 51.3 Å². The first-order chi connectivity index (χ1) is 8.72. The first kappa shape index (κ1) is 15.3. The molecule has 1 N–H and O–H groups in total. The molecule has 3 heteroatoms. The van der Waals surface area contributed by atoms with Crippen molar-refractivity contribution in [2.45, 2.75) is 40.2 Å². The highest BCUT2D eigenvalue weighted by Gasteiger charge is 2.10. The Bertz CT molecular complexity index is 350. The molecule has 0 aliphatic carbocycles. The SMILES string of the molecule is CCNCc1c(Cl)cccc1OCC(CC)CC. The Kier molecular flexibility index (Phi) is 7.14. The number of ether oxygens (including phenoxy) is 1. The van der Waals surface area contributed by atoms with Gasteiger partial charge in [-0.3, -0.25) is 0 Å². The zero-order chi connectivity index (χ0) is 13.4. The van der Waals surface area contributed by atoms with Gasteiger partial charge in [-0.25, -0.2) is 0 Å². The highest BCUT2D eigenvalue weighted by Crippen LogP contribution is 2.27. The van der Waals surface area contributed by atoms with E-state index in [2.05, 4.69) is 26.1 Å². The van der Waals surface area contributed by atoms with Gasteiger partial charge in [0.2, 0.25) is 0 Å². The molecule has 0 aliphatic heterocycles. The van der Waals surface area contributed by atoms with Crippen LogP contribution in [-0.2, 0) is 6.54 Å². The minimum absolute atomic E-state index is 0.621. The van der Waals surface area contributed by atoms with Crippen LogP contribution in [0.5, 0.6) is 5.75 Å². The van der Waals surface area contributed by atoms with Gasteiger partial charge in [0, 0.05) is 17.1 Å². The van der Waals surface area contributed by atoms with Crippen LogP contribution in [0, 0.1) is 5.92 Å². The molecule has 1 aromatic carbocycles. The van der Waals surface area contributed by atoms with Crippen molar-refractivity contribution in [3.05, 3.63) is 28.8 Å². The fourth-order valence-electron chi connectivity index (χ4n) is 1.83. The Hall–Kier alpha value is -0.730. The molecule has 0 bridgehead atoms. The van der Waals surface area contributed by atoms with Crippen molar-refractivity contribution in [1.29, 1.82) is 0 Å². The van der Waals surface area contributed by atoms with Gasteiger partial charge in [-0.05, 0) is 24.6 Å². The molecular formula is C15H24ClNO. The monoisotopic (exact) mass is 269 g/mol. The van der Waals surface area contributed by atoms with Gasteiger partial charge < -0.3 is 10.1 Å². The van der Waals surface area contributed by atoms with Crippen molar-refractivity contribution < 1.29 is 4.74 Å². The van der Waals surface area contributed by atoms with Crippen molar-refractivity contribution in [2.75, 3.05) is 13.2 Å². The van der Waals surface area contributed by atoms with Crippen molar-refractivity contribution in [2.24, 2.45) is 5.92 Å². The van der Waals surface area contributed by atoms with Gasteiger partial charge in [-0.2, -0.15) is 0 Å². The fourth-order valence-corrected chi connectivity index (χ4v) is 2.06. The molecule has 0 fully saturated rings. The molecule has 0 heterocycles. The Morgan fingerprint density at radius 1 is 1.22 bits per heavy atom. The third kappa shape index (κ3) is 4.51. The van der Waals surface area contributed by atoms with Crippen LogP contribution in [-0.4, -0.2) is 13.2 Å². The van der Waals surface area contributed by atoms with Gasteiger partial charge in [-0.15, -0.1) is 0 Å². The predicted molar refractivity (Wildman–Crippen MR) is 78.4 cm³/mol. The number of halogens is 1. The molecule has 2 nitrogen and oxygen atoms in total. The van der Waals surface area contributed by atoms with E-state index < -0.39 is 0 Å². The summed E-state index contributed by atoms with van der Waals surface area (Å²) in [7, 11) is 0. The zero-order valence-corrected chi connectivity index (χ0v) is 12.4. The highest BCUT2D eigenvalue weighted by molar-refractivity contribution is 6.31. The summed E-state index contributed by atoms with van der Waals surface area (Å²) >= 11 is 6.23. The van der Waals surface area contributed by atoms with Crippen LogP contribution in [0.1, 0.15) is 39.2 Å². The smallest absolute Gasteiger partial charge is 0.125 e. The van der Waals surface area contributed by atoms with E-state index >= 15 is 0 Å². The Morgan fingerprint density at radius 2 is 1.94 bits per heavy atom. The molecule has 0 amide bonds. The number of rotatable bonds is 8. The summed E-state index contributed by atoms with van der Waals surface area (Å²) in [5.41, 5.74) is 1.06. The van der Waals surface area contributed by atoms with Crippen LogP contribution in [0.2, 0.25) is 5.02 Å². The summed E-state index contributed by atoms with van der Waals surface area (Å²) in [6.07, 6.45) is 2.30. The molecule has 0 atom stereocenters. The van der Waals surface area contributed by atoms with E-state index in [1.165, 1.54) is 0 Å². The first-order valence-corrected chi connectivity index (χ1v) is 7.21. The van der Waals surface area contributed by atoms with Crippen LogP contribution < -0.4 is 10.1 Å². The number of hydrogen-bond donors (Lipinski definition) is 1. The summed E-state index contributed by atoms with van der Waals surface area (Å²) in [5, 5.41) is 4.07. The van der Waals surface area contributed by atoms with Crippen molar-refractivity contribution in [1.82, 2.24) is 5.32 Å². The summed E-state index contributed by atoms with van der Waals surface area (Å²) in [5.74, 6) is 1.53. The van der Waals surface area contributed by atoms with Gasteiger partial charge in [0.1, 0.15) is 5.75 Å². The van der Waals surface area contributed by atoms with Crippen molar-refractivity contribution >= 4 is 11.6 Å². The Morgan fingerprint density at radius 3 is 2.56 bits per heavy atom. The minimum Gasteiger partial charge on any atom is -0.493 e. The number of benzene rings is 1. The minimum atomic E-state index is 0.621. The van der Waals surface area contributed by atoms with Gasteiger partial charge in [0.15, 0.2) is 0 Å². The molecule has 0 aromatic heterocycles. The number of hydrogen-bond acceptors (Lipinski definition) is 2. The van der Waals surface area contributed by atoms with E-state index in [4.69, 9.17) is 16.3 Å². The summed E-state index contributed by atoms with van der Waals surface area (Å²) in [6.45, 7) is 8.95. The van der Waals surface area contributed by atoms with Gasteiger partial charge in [0.05, 0.1) is 6.61 Å². The maximum Gasteiger partial charge on any atom is 0.125 e. The summed E-state index contributed by atoms with van der Waals surface area (Å²) in [4.78, 5) is 0. The largest absolute Gasteiger partial charge is 0.493 e. The maximum absolute atomic E-state index is 6.23. The first-order valence-electron chi connectivity index (χ1n) is 6.83. The lowest BCUT2D eigenvalue weighted by molar-refractivity contribution is 0.238. The molecule has 1 rings (SSSR count). The van der Waals surface area contributed by atoms with Crippen LogP contribution in [0.25, 0.3) is 0 Å². The van der Waals surface area contributed by atoms with Crippen LogP contribution in [0.4, 0.5) is 0 Å². The lowest BCUT2D eigenvalue weighted by Gasteiger charge is -2.17. The molecule has 18 heavy (non-hydrogen) atoms. The quantitative estimate of drug-likeness (QED) is 0.761. The van der Waals surface area contributed by atoms with E-state index in [1.807, 2.05) is 18.2 Å². The lowest BCUT2D eigenvalue weighted by atomic mass is 10.1. The highest BCUT2D eigenvalue weighted by atomic mass is 35.5. The lowest BCUT2D eigenvalue weighted by Crippen LogP contribution is -2.15. The van der Waals surface area contributed by atoms with E-state index in [9.17, 15) is 0 Å². The zero-order valence-electron chi connectivity index (χ0n) is 11.6. The molecule has 0 spiro atoms. The molecule has 102 valence electrons.